The fraction of sp³-hybridized carbons (Fsp3) is 0.222. The molecular formula is C9H10Br2N2S. The van der Waals surface area contributed by atoms with Crippen molar-refractivity contribution >= 4 is 54.9 Å². The predicted octanol–water partition coefficient (Wildman–Crippen LogP) is 3.44. The van der Waals surface area contributed by atoms with Crippen molar-refractivity contribution < 1.29 is 0 Å². The number of halogens is 2. The monoisotopic (exact) mass is 336 g/mol. The molecule has 0 heterocycles. The third-order valence-corrected chi connectivity index (χ3v) is 3.21. The summed E-state index contributed by atoms with van der Waals surface area (Å²) in [6.45, 7) is 2.04. The Morgan fingerprint density at radius 1 is 1.29 bits per heavy atom. The molecule has 0 amide bonds. The van der Waals surface area contributed by atoms with Gasteiger partial charge in [-0.2, -0.15) is 0 Å². The largest absolute Gasteiger partial charge is 0.366 e. The molecule has 0 radical (unpaired) electrons. The molecule has 2 N–H and O–H groups in total. The number of aryl methyl sites for hydroxylation is 1. The first-order chi connectivity index (χ1) is 6.54. The van der Waals surface area contributed by atoms with E-state index in [-0.39, 0.29) is 0 Å². The predicted molar refractivity (Wildman–Crippen MR) is 71.9 cm³/mol. The van der Waals surface area contributed by atoms with Gasteiger partial charge in [0.15, 0.2) is 5.11 Å². The van der Waals surface area contributed by atoms with Gasteiger partial charge < -0.3 is 10.6 Å². The van der Waals surface area contributed by atoms with Gasteiger partial charge in [0.1, 0.15) is 0 Å². The van der Waals surface area contributed by atoms with Crippen LogP contribution in [0.3, 0.4) is 0 Å². The maximum Gasteiger partial charge on any atom is 0.170 e. The number of hydrogen-bond acceptors (Lipinski definition) is 1. The van der Waals surface area contributed by atoms with E-state index in [2.05, 4.69) is 42.5 Å². The maximum absolute atomic E-state index is 5.03. The van der Waals surface area contributed by atoms with Crippen LogP contribution in [0.1, 0.15) is 5.56 Å². The second-order valence-electron chi connectivity index (χ2n) is 2.81. The van der Waals surface area contributed by atoms with Crippen molar-refractivity contribution in [2.45, 2.75) is 6.92 Å². The molecule has 0 aliphatic carbocycles. The summed E-state index contributed by atoms with van der Waals surface area (Å²) in [7, 11) is 1.78. The van der Waals surface area contributed by atoms with E-state index in [4.69, 9.17) is 12.2 Å². The fourth-order valence-corrected chi connectivity index (χ4v) is 2.71. The lowest BCUT2D eigenvalue weighted by molar-refractivity contribution is 1.19. The third-order valence-electron chi connectivity index (χ3n) is 1.65. The molecule has 0 atom stereocenters. The molecular weight excluding hydrogens is 328 g/mol. The average molecular weight is 338 g/mol. The van der Waals surface area contributed by atoms with E-state index in [1.165, 1.54) is 5.56 Å². The molecule has 5 heteroatoms. The third kappa shape index (κ3) is 2.93. The minimum absolute atomic E-state index is 0.593. The van der Waals surface area contributed by atoms with Gasteiger partial charge in [-0.25, -0.2) is 0 Å². The highest BCUT2D eigenvalue weighted by atomic mass is 79.9. The molecule has 0 aliphatic heterocycles. The summed E-state index contributed by atoms with van der Waals surface area (Å²) in [6.07, 6.45) is 0. The zero-order valence-electron chi connectivity index (χ0n) is 7.82. The van der Waals surface area contributed by atoms with Gasteiger partial charge >= 0.3 is 0 Å². The van der Waals surface area contributed by atoms with Gasteiger partial charge in [-0.1, -0.05) is 0 Å². The van der Waals surface area contributed by atoms with Crippen molar-refractivity contribution in [1.82, 2.24) is 5.32 Å². The average Bonchev–Trinajstić information content (AvgIpc) is 2.10. The van der Waals surface area contributed by atoms with Crippen molar-refractivity contribution in [2.75, 3.05) is 12.4 Å². The second kappa shape index (κ2) is 5.09. The number of rotatable bonds is 1. The van der Waals surface area contributed by atoms with Crippen LogP contribution in [0.15, 0.2) is 21.1 Å². The zero-order chi connectivity index (χ0) is 10.7. The number of nitrogens with one attached hydrogen (secondary N) is 2. The zero-order valence-corrected chi connectivity index (χ0v) is 11.8. The fourth-order valence-electron chi connectivity index (χ4n) is 0.995. The van der Waals surface area contributed by atoms with Crippen LogP contribution in [0, 0.1) is 6.92 Å². The Hall–Kier alpha value is -0.130. The summed E-state index contributed by atoms with van der Waals surface area (Å²) < 4.78 is 1.98. The first-order valence-corrected chi connectivity index (χ1v) is 5.98. The van der Waals surface area contributed by atoms with Crippen LogP contribution in [0.4, 0.5) is 5.69 Å². The Labute approximate surface area is 106 Å². The lowest BCUT2D eigenvalue weighted by Gasteiger charge is -2.11. The van der Waals surface area contributed by atoms with Crippen LogP contribution in [0.2, 0.25) is 0 Å². The Balaban J connectivity index is 3.02. The van der Waals surface area contributed by atoms with Gasteiger partial charge in [-0.15, -0.1) is 0 Å². The minimum atomic E-state index is 0.593. The molecule has 0 saturated carbocycles. The van der Waals surface area contributed by atoms with Gasteiger partial charge in [-0.3, -0.25) is 0 Å². The van der Waals surface area contributed by atoms with E-state index >= 15 is 0 Å². The molecule has 1 aromatic rings. The molecule has 2 nitrogen and oxygen atoms in total. The summed E-state index contributed by atoms with van der Waals surface area (Å²) in [6, 6.07) is 4.07. The lowest BCUT2D eigenvalue weighted by Crippen LogP contribution is -2.24. The first-order valence-electron chi connectivity index (χ1n) is 3.99. The number of anilines is 1. The van der Waals surface area contributed by atoms with Crippen LogP contribution in [-0.4, -0.2) is 12.2 Å². The van der Waals surface area contributed by atoms with Crippen LogP contribution in [0.5, 0.6) is 0 Å². The van der Waals surface area contributed by atoms with Gasteiger partial charge in [0, 0.05) is 16.0 Å². The normalized spacial score (nSPS) is 9.71. The molecule has 0 aromatic heterocycles. The molecule has 0 fully saturated rings. The SMILES string of the molecule is CNC(=S)Nc1c(Br)cc(C)cc1Br. The highest BCUT2D eigenvalue weighted by Crippen LogP contribution is 2.32. The van der Waals surface area contributed by atoms with Crippen molar-refractivity contribution in [1.29, 1.82) is 0 Å². The van der Waals surface area contributed by atoms with Gasteiger partial charge in [0.05, 0.1) is 5.69 Å². The number of benzene rings is 1. The summed E-state index contributed by atoms with van der Waals surface area (Å²) in [4.78, 5) is 0. The summed E-state index contributed by atoms with van der Waals surface area (Å²) in [5.41, 5.74) is 2.12. The molecule has 0 bridgehead atoms. The van der Waals surface area contributed by atoms with Crippen molar-refractivity contribution in [2.24, 2.45) is 0 Å². The van der Waals surface area contributed by atoms with Gasteiger partial charge in [-0.05, 0) is 68.7 Å². The molecule has 0 aliphatic rings. The molecule has 0 spiro atoms. The summed E-state index contributed by atoms with van der Waals surface area (Å²) in [5, 5.41) is 6.54. The number of thiocarbonyl (C=S) groups is 1. The first kappa shape index (κ1) is 11.9. The van der Waals surface area contributed by atoms with Crippen LogP contribution < -0.4 is 10.6 Å². The molecule has 0 unspecified atom stereocenters. The van der Waals surface area contributed by atoms with E-state index in [0.717, 1.165) is 14.6 Å². The minimum Gasteiger partial charge on any atom is -0.366 e. The standard InChI is InChI=1S/C9H10Br2N2S/c1-5-3-6(10)8(7(11)4-5)13-9(14)12-2/h3-4H,1-2H3,(H2,12,13,14). The van der Waals surface area contributed by atoms with Crippen molar-refractivity contribution in [3.05, 3.63) is 26.6 Å². The summed E-state index contributed by atoms with van der Waals surface area (Å²) >= 11 is 12.0. The molecule has 76 valence electrons. The Kier molecular flexibility index (Phi) is 4.34. The van der Waals surface area contributed by atoms with E-state index in [1.54, 1.807) is 7.05 Å². The topological polar surface area (TPSA) is 24.1 Å². The van der Waals surface area contributed by atoms with Crippen molar-refractivity contribution in [3.8, 4) is 0 Å². The maximum atomic E-state index is 5.03. The molecule has 14 heavy (non-hydrogen) atoms. The smallest absolute Gasteiger partial charge is 0.170 e. The highest BCUT2D eigenvalue weighted by Gasteiger charge is 2.06. The van der Waals surface area contributed by atoms with E-state index in [0.29, 0.717) is 5.11 Å². The highest BCUT2D eigenvalue weighted by molar-refractivity contribution is 9.11. The van der Waals surface area contributed by atoms with E-state index in [9.17, 15) is 0 Å². The van der Waals surface area contributed by atoms with E-state index < -0.39 is 0 Å². The van der Waals surface area contributed by atoms with Crippen molar-refractivity contribution in [3.63, 3.8) is 0 Å². The van der Waals surface area contributed by atoms with E-state index in [1.807, 2.05) is 19.1 Å². The van der Waals surface area contributed by atoms with Crippen LogP contribution in [-0.2, 0) is 0 Å². The molecule has 1 rings (SSSR count). The number of hydrogen-bond donors (Lipinski definition) is 2. The Morgan fingerprint density at radius 3 is 2.21 bits per heavy atom. The lowest BCUT2D eigenvalue weighted by atomic mass is 10.2. The molecule has 1 aromatic carbocycles. The summed E-state index contributed by atoms with van der Waals surface area (Å²) in [5.74, 6) is 0. The quantitative estimate of drug-likeness (QED) is 0.768. The van der Waals surface area contributed by atoms with Gasteiger partial charge in [0.25, 0.3) is 0 Å². The Morgan fingerprint density at radius 2 is 1.79 bits per heavy atom. The van der Waals surface area contributed by atoms with Gasteiger partial charge in [0.2, 0.25) is 0 Å². The van der Waals surface area contributed by atoms with Crippen LogP contribution in [0.25, 0.3) is 0 Å². The molecule has 0 saturated heterocycles. The Bertz CT molecular complexity index is 343. The van der Waals surface area contributed by atoms with Crippen LogP contribution >= 0.6 is 44.1 Å². The second-order valence-corrected chi connectivity index (χ2v) is 4.92.